The van der Waals surface area contributed by atoms with E-state index >= 15 is 0 Å². The van der Waals surface area contributed by atoms with E-state index in [-0.39, 0.29) is 0 Å². The van der Waals surface area contributed by atoms with Crippen LogP contribution in [0.5, 0.6) is 0 Å². The van der Waals surface area contributed by atoms with E-state index in [4.69, 9.17) is 0 Å². The molecule has 0 saturated carbocycles. The largest absolute Gasteiger partial charge is 0.303 e. The minimum atomic E-state index is 0.341. The van der Waals surface area contributed by atoms with E-state index in [9.17, 15) is 4.79 Å². The molecule has 0 aliphatic carbocycles. The van der Waals surface area contributed by atoms with Gasteiger partial charge in [-0.25, -0.2) is 0 Å². The van der Waals surface area contributed by atoms with Crippen molar-refractivity contribution in [3.8, 4) is 0 Å². The minimum absolute atomic E-state index is 0.341. The van der Waals surface area contributed by atoms with Crippen molar-refractivity contribution in [2.75, 3.05) is 0 Å². The number of hydrogen-bond donors (Lipinski definition) is 0. The van der Waals surface area contributed by atoms with Crippen LogP contribution < -0.4 is 0 Å². The highest BCUT2D eigenvalue weighted by Crippen LogP contribution is 1.86. The number of nitrogens with zero attached hydrogens (tertiary/aromatic N) is 1. The summed E-state index contributed by atoms with van der Waals surface area (Å²) < 4.78 is 0. The average molecular weight is 137 g/mol. The first-order valence-corrected chi connectivity index (χ1v) is 3.09. The number of aldehydes is 1. The summed E-state index contributed by atoms with van der Waals surface area (Å²) >= 11 is 0. The Morgan fingerprint density at radius 3 is 2.80 bits per heavy atom. The van der Waals surface area contributed by atoms with Crippen LogP contribution in [0.2, 0.25) is 0 Å². The molecule has 2 heteroatoms. The maximum absolute atomic E-state index is 9.98. The SMILES string of the molecule is C=C/C(CC=O)=N\C=C/C. The van der Waals surface area contributed by atoms with Crippen LogP contribution in [0, 0.1) is 0 Å². The smallest absolute Gasteiger partial charge is 0.125 e. The molecule has 0 bridgehead atoms. The first-order valence-electron chi connectivity index (χ1n) is 3.09. The van der Waals surface area contributed by atoms with E-state index in [1.165, 1.54) is 0 Å². The summed E-state index contributed by atoms with van der Waals surface area (Å²) in [6, 6.07) is 0. The average Bonchev–Trinajstić information content (AvgIpc) is 1.98. The van der Waals surface area contributed by atoms with Crippen molar-refractivity contribution in [3.05, 3.63) is 24.9 Å². The Morgan fingerprint density at radius 1 is 1.70 bits per heavy atom. The summed E-state index contributed by atoms with van der Waals surface area (Å²) in [4.78, 5) is 13.9. The highest BCUT2D eigenvalue weighted by Gasteiger charge is 1.87. The topological polar surface area (TPSA) is 29.4 Å². The zero-order valence-corrected chi connectivity index (χ0v) is 6.08. The molecule has 0 aliphatic heterocycles. The van der Waals surface area contributed by atoms with Crippen molar-refractivity contribution in [2.24, 2.45) is 4.99 Å². The second-order valence-electron chi connectivity index (χ2n) is 1.68. The second-order valence-corrected chi connectivity index (χ2v) is 1.68. The van der Waals surface area contributed by atoms with E-state index in [0.717, 1.165) is 6.29 Å². The Morgan fingerprint density at radius 2 is 2.40 bits per heavy atom. The lowest BCUT2D eigenvalue weighted by molar-refractivity contribution is -0.106. The van der Waals surface area contributed by atoms with Gasteiger partial charge in [-0.2, -0.15) is 0 Å². The standard InChI is InChI=1S/C8H11NO/c1-3-6-9-8(4-2)5-7-10/h3-4,6-7H,2,5H2,1H3/b6-3-,9-8+. The van der Waals surface area contributed by atoms with Crippen molar-refractivity contribution < 1.29 is 4.79 Å². The molecular weight excluding hydrogens is 126 g/mol. The lowest BCUT2D eigenvalue weighted by Crippen LogP contribution is -1.91. The molecule has 0 saturated heterocycles. The normalized spacial score (nSPS) is 11.9. The van der Waals surface area contributed by atoms with Crippen LogP contribution in [-0.2, 0) is 4.79 Å². The molecular formula is C8H11NO. The molecule has 0 spiro atoms. The summed E-state index contributed by atoms with van der Waals surface area (Å²) in [6.07, 6.45) is 6.17. The fraction of sp³-hybridized carbons (Fsp3) is 0.250. The third kappa shape index (κ3) is 3.78. The fourth-order valence-electron chi connectivity index (χ4n) is 0.444. The van der Waals surface area contributed by atoms with Gasteiger partial charge in [0.15, 0.2) is 0 Å². The minimum Gasteiger partial charge on any atom is -0.303 e. The van der Waals surface area contributed by atoms with E-state index in [1.54, 1.807) is 18.4 Å². The molecule has 0 N–H and O–H groups in total. The van der Waals surface area contributed by atoms with Crippen molar-refractivity contribution >= 4 is 12.0 Å². The van der Waals surface area contributed by atoms with Crippen molar-refractivity contribution in [2.45, 2.75) is 13.3 Å². The Hall–Kier alpha value is -1.18. The number of allylic oxidation sites excluding steroid dienone is 2. The monoisotopic (exact) mass is 137 g/mol. The van der Waals surface area contributed by atoms with Crippen LogP contribution in [0.4, 0.5) is 0 Å². The molecule has 10 heavy (non-hydrogen) atoms. The molecule has 0 radical (unpaired) electrons. The Bertz CT molecular complexity index is 168. The maximum Gasteiger partial charge on any atom is 0.125 e. The van der Waals surface area contributed by atoms with Crippen LogP contribution >= 0.6 is 0 Å². The number of carbonyl (C=O) groups is 1. The molecule has 2 nitrogen and oxygen atoms in total. The Labute approximate surface area is 61.0 Å². The van der Waals surface area contributed by atoms with Gasteiger partial charge in [-0.15, -0.1) is 0 Å². The van der Waals surface area contributed by atoms with E-state index in [2.05, 4.69) is 11.6 Å². The molecule has 0 amide bonds. The second kappa shape index (κ2) is 5.95. The highest BCUT2D eigenvalue weighted by molar-refractivity contribution is 6.02. The molecule has 0 aromatic rings. The predicted octanol–water partition coefficient (Wildman–Crippen LogP) is 1.74. The van der Waals surface area contributed by atoms with Crippen LogP contribution in [0.15, 0.2) is 29.9 Å². The van der Waals surface area contributed by atoms with Crippen molar-refractivity contribution in [1.82, 2.24) is 0 Å². The number of rotatable bonds is 4. The number of aliphatic imine (C=N–C) groups is 1. The predicted molar refractivity (Wildman–Crippen MR) is 43.1 cm³/mol. The first kappa shape index (κ1) is 8.82. The fourth-order valence-corrected chi connectivity index (χ4v) is 0.444. The molecule has 54 valence electrons. The van der Waals surface area contributed by atoms with Gasteiger partial charge in [0.25, 0.3) is 0 Å². The quantitative estimate of drug-likeness (QED) is 0.428. The molecule has 0 aliphatic rings. The van der Waals surface area contributed by atoms with Crippen LogP contribution in [0.3, 0.4) is 0 Å². The molecule has 0 rings (SSSR count). The van der Waals surface area contributed by atoms with Gasteiger partial charge in [0.05, 0.1) is 0 Å². The van der Waals surface area contributed by atoms with E-state index in [1.807, 2.05) is 6.92 Å². The maximum atomic E-state index is 9.98. The van der Waals surface area contributed by atoms with Crippen molar-refractivity contribution in [3.63, 3.8) is 0 Å². The van der Waals surface area contributed by atoms with Gasteiger partial charge in [-0.1, -0.05) is 12.7 Å². The molecule has 0 aromatic heterocycles. The van der Waals surface area contributed by atoms with E-state index in [0.29, 0.717) is 12.1 Å². The summed E-state index contributed by atoms with van der Waals surface area (Å²) in [6.45, 7) is 5.38. The molecule has 0 heterocycles. The first-order chi connectivity index (χ1) is 4.85. The lowest BCUT2D eigenvalue weighted by Gasteiger charge is -1.88. The van der Waals surface area contributed by atoms with Crippen LogP contribution in [-0.4, -0.2) is 12.0 Å². The molecule has 0 aromatic carbocycles. The Balaban J connectivity index is 4.02. The van der Waals surface area contributed by atoms with Gasteiger partial charge in [0.1, 0.15) is 6.29 Å². The van der Waals surface area contributed by atoms with Gasteiger partial charge < -0.3 is 4.79 Å². The molecule has 0 atom stereocenters. The summed E-state index contributed by atoms with van der Waals surface area (Å²) in [5.74, 6) is 0. The zero-order chi connectivity index (χ0) is 7.82. The van der Waals surface area contributed by atoms with Crippen LogP contribution in [0.25, 0.3) is 0 Å². The number of carbonyl (C=O) groups excluding carboxylic acids is 1. The van der Waals surface area contributed by atoms with Gasteiger partial charge >= 0.3 is 0 Å². The Kier molecular flexibility index (Phi) is 5.25. The summed E-state index contributed by atoms with van der Waals surface area (Å²) in [5, 5.41) is 0. The summed E-state index contributed by atoms with van der Waals surface area (Å²) in [7, 11) is 0. The lowest BCUT2D eigenvalue weighted by atomic mass is 10.3. The molecule has 0 unspecified atom stereocenters. The van der Waals surface area contributed by atoms with Crippen molar-refractivity contribution in [1.29, 1.82) is 0 Å². The van der Waals surface area contributed by atoms with Gasteiger partial charge in [0, 0.05) is 18.3 Å². The van der Waals surface area contributed by atoms with E-state index < -0.39 is 0 Å². The highest BCUT2D eigenvalue weighted by atomic mass is 16.1. The van der Waals surface area contributed by atoms with Crippen LogP contribution in [0.1, 0.15) is 13.3 Å². The third-order valence-electron chi connectivity index (χ3n) is 0.918. The zero-order valence-electron chi connectivity index (χ0n) is 6.08. The number of hydrogen-bond acceptors (Lipinski definition) is 2. The van der Waals surface area contributed by atoms with Gasteiger partial charge in [0.2, 0.25) is 0 Å². The van der Waals surface area contributed by atoms with Gasteiger partial charge in [-0.05, 0) is 13.0 Å². The third-order valence-corrected chi connectivity index (χ3v) is 0.918. The summed E-state index contributed by atoms with van der Waals surface area (Å²) in [5.41, 5.74) is 0.702. The van der Waals surface area contributed by atoms with Gasteiger partial charge in [-0.3, -0.25) is 4.99 Å². The molecule has 0 fully saturated rings.